The van der Waals surface area contributed by atoms with Crippen molar-refractivity contribution in [2.75, 3.05) is 0 Å². The van der Waals surface area contributed by atoms with E-state index < -0.39 is 0 Å². The number of rotatable bonds is 2. The van der Waals surface area contributed by atoms with Crippen LogP contribution in [0, 0.1) is 20.8 Å². The molecule has 4 heteroatoms. The van der Waals surface area contributed by atoms with Crippen molar-refractivity contribution in [2.24, 2.45) is 0 Å². The first-order valence-corrected chi connectivity index (χ1v) is 9.87. The molecule has 3 aromatic rings. The molecule has 0 atom stereocenters. The smallest absolute Gasteiger partial charge is 0.126 e. The topological polar surface area (TPSA) is 51.6 Å². The van der Waals surface area contributed by atoms with Gasteiger partial charge in [-0.2, -0.15) is 0 Å². The number of aromatic nitrogens is 4. The summed E-state index contributed by atoms with van der Waals surface area (Å²) in [6.07, 6.45) is 0. The molecule has 0 aliphatic heterocycles. The summed E-state index contributed by atoms with van der Waals surface area (Å²) in [4.78, 5) is 0. The minimum absolute atomic E-state index is 0.558. The Kier molecular flexibility index (Phi) is 12.2. The maximum Gasteiger partial charge on any atom is 0.204 e. The Labute approximate surface area is 165 Å². The van der Waals surface area contributed by atoms with Gasteiger partial charge in [0.2, 0.25) is 11.6 Å². The third-order valence-corrected chi connectivity index (χ3v) is 3.57. The molecule has 0 unspecified atom stereocenters. The lowest BCUT2D eigenvalue weighted by Crippen LogP contribution is -2.02. The standard InChI is InChI=1S/C17H16N4.3C2H6/c1-11-7-4-5-10-14(11)16-18-20-17(21-19-16)15-12(2)8-6-9-13(15)3;3*1-2/h4-10H,1-3H3;3*1-2H3. The van der Waals surface area contributed by atoms with E-state index in [0.717, 1.165) is 27.8 Å². The largest absolute Gasteiger partial charge is 0.204 e. The summed E-state index contributed by atoms with van der Waals surface area (Å²) in [5.74, 6) is 1.13. The molecule has 0 spiro atoms. The molecule has 0 radical (unpaired) electrons. The zero-order chi connectivity index (χ0) is 20.8. The fourth-order valence-electron chi connectivity index (χ4n) is 2.43. The summed E-state index contributed by atoms with van der Waals surface area (Å²) in [6.45, 7) is 18.1. The second kappa shape index (κ2) is 13.6. The van der Waals surface area contributed by atoms with Gasteiger partial charge in [0.15, 0.2) is 0 Å². The van der Waals surface area contributed by atoms with Crippen molar-refractivity contribution in [1.82, 2.24) is 20.4 Å². The molecule has 1 heterocycles. The Hall–Kier alpha value is -2.62. The highest BCUT2D eigenvalue weighted by molar-refractivity contribution is 5.64. The van der Waals surface area contributed by atoms with E-state index in [9.17, 15) is 0 Å². The van der Waals surface area contributed by atoms with E-state index in [2.05, 4.69) is 20.4 Å². The van der Waals surface area contributed by atoms with E-state index in [4.69, 9.17) is 0 Å². The van der Waals surface area contributed by atoms with Gasteiger partial charge in [0, 0.05) is 11.1 Å². The quantitative estimate of drug-likeness (QED) is 0.512. The molecule has 0 aliphatic carbocycles. The molecule has 0 aliphatic rings. The maximum atomic E-state index is 4.26. The minimum atomic E-state index is 0.558. The number of hydrogen-bond acceptors (Lipinski definition) is 4. The summed E-state index contributed by atoms with van der Waals surface area (Å²) >= 11 is 0. The lowest BCUT2D eigenvalue weighted by atomic mass is 10.0. The van der Waals surface area contributed by atoms with E-state index in [1.54, 1.807) is 0 Å². The van der Waals surface area contributed by atoms with Gasteiger partial charge >= 0.3 is 0 Å². The predicted octanol–water partition coefficient (Wildman–Crippen LogP) is 6.60. The van der Waals surface area contributed by atoms with Gasteiger partial charge in [0.25, 0.3) is 0 Å². The SMILES string of the molecule is CC.CC.CC.Cc1ccccc1-c1nnc(-c2c(C)cccc2C)nn1. The Morgan fingerprint density at radius 3 is 1.37 bits per heavy atom. The van der Waals surface area contributed by atoms with E-state index >= 15 is 0 Å². The fourth-order valence-corrected chi connectivity index (χ4v) is 2.43. The van der Waals surface area contributed by atoms with Crippen LogP contribution in [-0.4, -0.2) is 20.4 Å². The van der Waals surface area contributed by atoms with Gasteiger partial charge in [-0.15, -0.1) is 20.4 Å². The van der Waals surface area contributed by atoms with Crippen molar-refractivity contribution >= 4 is 0 Å². The van der Waals surface area contributed by atoms with Gasteiger partial charge < -0.3 is 0 Å². The van der Waals surface area contributed by atoms with E-state index in [0.29, 0.717) is 11.6 Å². The van der Waals surface area contributed by atoms with Crippen LogP contribution in [-0.2, 0) is 0 Å². The third-order valence-electron chi connectivity index (χ3n) is 3.57. The molecule has 27 heavy (non-hydrogen) atoms. The number of benzene rings is 2. The highest BCUT2D eigenvalue weighted by atomic mass is 15.3. The molecular formula is C23H34N4. The van der Waals surface area contributed by atoms with Crippen LogP contribution in [0.2, 0.25) is 0 Å². The highest BCUT2D eigenvalue weighted by Gasteiger charge is 2.11. The zero-order valence-corrected chi connectivity index (χ0v) is 18.3. The Balaban J connectivity index is 0.00000103. The molecular weight excluding hydrogens is 332 g/mol. The molecule has 0 bridgehead atoms. The van der Waals surface area contributed by atoms with Crippen molar-refractivity contribution in [3.05, 3.63) is 59.2 Å². The first-order valence-electron chi connectivity index (χ1n) is 9.87. The van der Waals surface area contributed by atoms with Crippen molar-refractivity contribution in [3.8, 4) is 22.8 Å². The monoisotopic (exact) mass is 366 g/mol. The molecule has 0 saturated heterocycles. The molecule has 1 aromatic heterocycles. The van der Waals surface area contributed by atoms with E-state index in [-0.39, 0.29) is 0 Å². The first-order chi connectivity index (χ1) is 13.2. The van der Waals surface area contributed by atoms with Crippen LogP contribution < -0.4 is 0 Å². The van der Waals surface area contributed by atoms with Crippen molar-refractivity contribution < 1.29 is 0 Å². The summed E-state index contributed by atoms with van der Waals surface area (Å²) in [7, 11) is 0. The Bertz CT molecular complexity index is 760. The van der Waals surface area contributed by atoms with Gasteiger partial charge in [-0.05, 0) is 37.5 Å². The normalized spacial score (nSPS) is 8.93. The molecule has 4 nitrogen and oxygen atoms in total. The average Bonchev–Trinajstić information content (AvgIpc) is 2.73. The summed E-state index contributed by atoms with van der Waals surface area (Å²) < 4.78 is 0. The number of nitrogens with zero attached hydrogens (tertiary/aromatic N) is 4. The van der Waals surface area contributed by atoms with Crippen molar-refractivity contribution in [2.45, 2.75) is 62.3 Å². The van der Waals surface area contributed by atoms with Crippen LogP contribution in [0.3, 0.4) is 0 Å². The second-order valence-electron chi connectivity index (χ2n) is 5.13. The van der Waals surface area contributed by atoms with Crippen LogP contribution in [0.15, 0.2) is 42.5 Å². The van der Waals surface area contributed by atoms with Gasteiger partial charge in [-0.1, -0.05) is 84.0 Å². The van der Waals surface area contributed by atoms with Crippen LogP contribution in [0.25, 0.3) is 22.8 Å². The van der Waals surface area contributed by atoms with Crippen molar-refractivity contribution in [1.29, 1.82) is 0 Å². The first kappa shape index (κ1) is 24.4. The summed E-state index contributed by atoms with van der Waals surface area (Å²) in [5, 5.41) is 17.0. The van der Waals surface area contributed by atoms with Crippen LogP contribution >= 0.6 is 0 Å². The number of aryl methyl sites for hydroxylation is 3. The van der Waals surface area contributed by atoms with Gasteiger partial charge in [0.1, 0.15) is 0 Å². The van der Waals surface area contributed by atoms with Gasteiger partial charge in [-0.3, -0.25) is 0 Å². The molecule has 0 amide bonds. The Morgan fingerprint density at radius 1 is 0.481 bits per heavy atom. The fraction of sp³-hybridized carbons (Fsp3) is 0.391. The van der Waals surface area contributed by atoms with E-state index in [1.165, 1.54) is 0 Å². The zero-order valence-electron chi connectivity index (χ0n) is 18.3. The minimum Gasteiger partial charge on any atom is -0.126 e. The molecule has 0 saturated carbocycles. The maximum absolute atomic E-state index is 4.26. The number of hydrogen-bond donors (Lipinski definition) is 0. The van der Waals surface area contributed by atoms with E-state index in [1.807, 2.05) is 105 Å². The highest BCUT2D eigenvalue weighted by Crippen LogP contribution is 2.24. The summed E-state index contributed by atoms with van der Waals surface area (Å²) in [6, 6.07) is 14.1. The van der Waals surface area contributed by atoms with Crippen LogP contribution in [0.4, 0.5) is 0 Å². The summed E-state index contributed by atoms with van der Waals surface area (Å²) in [5.41, 5.74) is 5.34. The lowest BCUT2D eigenvalue weighted by Gasteiger charge is -2.07. The molecule has 0 fully saturated rings. The van der Waals surface area contributed by atoms with Gasteiger partial charge in [0.05, 0.1) is 0 Å². The Morgan fingerprint density at radius 2 is 0.889 bits per heavy atom. The molecule has 3 rings (SSSR count). The molecule has 0 N–H and O–H groups in total. The lowest BCUT2D eigenvalue weighted by molar-refractivity contribution is 0.872. The van der Waals surface area contributed by atoms with Crippen LogP contribution in [0.1, 0.15) is 58.2 Å². The second-order valence-corrected chi connectivity index (χ2v) is 5.13. The predicted molar refractivity (Wildman–Crippen MR) is 117 cm³/mol. The molecule has 146 valence electrons. The average molecular weight is 367 g/mol. The van der Waals surface area contributed by atoms with Gasteiger partial charge in [-0.25, -0.2) is 0 Å². The molecule has 2 aromatic carbocycles. The third kappa shape index (κ3) is 6.55. The van der Waals surface area contributed by atoms with Crippen molar-refractivity contribution in [3.63, 3.8) is 0 Å². The van der Waals surface area contributed by atoms with Crippen LogP contribution in [0.5, 0.6) is 0 Å².